The monoisotopic (exact) mass is 257 g/mol. The van der Waals surface area contributed by atoms with Crippen LogP contribution >= 0.6 is 11.8 Å². The Morgan fingerprint density at radius 2 is 1.71 bits per heavy atom. The molecule has 88 valence electrons. The van der Waals surface area contributed by atoms with E-state index < -0.39 is 11.7 Å². The summed E-state index contributed by atoms with van der Waals surface area (Å²) in [4.78, 5) is 11.6. The molecule has 0 saturated heterocycles. The minimum atomic E-state index is -4.36. The Labute approximate surface area is 99.1 Å². The van der Waals surface area contributed by atoms with Crippen molar-refractivity contribution in [3.05, 3.63) is 42.4 Å². The van der Waals surface area contributed by atoms with Crippen molar-refractivity contribution < 1.29 is 13.2 Å². The smallest absolute Gasteiger partial charge is 0.249 e. The van der Waals surface area contributed by atoms with Gasteiger partial charge in [-0.1, -0.05) is 0 Å². The Morgan fingerprint density at radius 3 is 2.24 bits per heavy atom. The summed E-state index contributed by atoms with van der Waals surface area (Å²) in [6.45, 7) is 0. The first-order chi connectivity index (χ1) is 8.05. The SMILES string of the molecule is FC(F)(F)c1ccc(Sc2ncccn2)nc1. The van der Waals surface area contributed by atoms with Crippen LogP contribution in [0.3, 0.4) is 0 Å². The third-order valence-corrected chi connectivity index (χ3v) is 2.65. The summed E-state index contributed by atoms with van der Waals surface area (Å²) in [7, 11) is 0. The van der Waals surface area contributed by atoms with Crippen molar-refractivity contribution in [1.82, 2.24) is 15.0 Å². The van der Waals surface area contributed by atoms with E-state index >= 15 is 0 Å². The summed E-state index contributed by atoms with van der Waals surface area (Å²) >= 11 is 1.11. The Kier molecular flexibility index (Phi) is 3.28. The fraction of sp³-hybridized carbons (Fsp3) is 0.100. The molecule has 0 spiro atoms. The molecule has 2 aromatic heterocycles. The van der Waals surface area contributed by atoms with Crippen LogP contribution in [-0.2, 0) is 6.18 Å². The van der Waals surface area contributed by atoms with Crippen LogP contribution in [0.25, 0.3) is 0 Å². The molecule has 0 aliphatic carbocycles. The van der Waals surface area contributed by atoms with Gasteiger partial charge in [0.15, 0.2) is 5.16 Å². The molecule has 0 aromatic carbocycles. The van der Waals surface area contributed by atoms with E-state index in [2.05, 4.69) is 15.0 Å². The summed E-state index contributed by atoms with van der Waals surface area (Å²) in [5, 5.41) is 0.865. The molecule has 2 aromatic rings. The second-order valence-corrected chi connectivity index (χ2v) is 4.00. The first-order valence-corrected chi connectivity index (χ1v) is 5.35. The summed E-state index contributed by atoms with van der Waals surface area (Å²) in [5.74, 6) is 0. The van der Waals surface area contributed by atoms with Gasteiger partial charge in [0, 0.05) is 18.6 Å². The van der Waals surface area contributed by atoms with E-state index in [0.717, 1.165) is 24.0 Å². The lowest BCUT2D eigenvalue weighted by Gasteiger charge is -2.05. The van der Waals surface area contributed by atoms with E-state index in [1.54, 1.807) is 18.5 Å². The van der Waals surface area contributed by atoms with Gasteiger partial charge in [0.1, 0.15) is 5.03 Å². The number of hydrogen-bond acceptors (Lipinski definition) is 4. The molecule has 2 heterocycles. The first-order valence-electron chi connectivity index (χ1n) is 4.54. The second kappa shape index (κ2) is 4.70. The van der Waals surface area contributed by atoms with E-state index in [4.69, 9.17) is 0 Å². The molecule has 0 aliphatic heterocycles. The van der Waals surface area contributed by atoms with E-state index in [1.165, 1.54) is 6.07 Å². The number of nitrogens with zero attached hydrogens (tertiary/aromatic N) is 3. The van der Waals surface area contributed by atoms with Crippen molar-refractivity contribution in [3.63, 3.8) is 0 Å². The molecule has 0 N–H and O–H groups in total. The maximum atomic E-state index is 12.3. The topological polar surface area (TPSA) is 38.7 Å². The van der Waals surface area contributed by atoms with Crippen LogP contribution < -0.4 is 0 Å². The fourth-order valence-corrected chi connectivity index (χ4v) is 1.70. The molecule has 0 atom stereocenters. The second-order valence-electron chi connectivity index (χ2n) is 3.02. The van der Waals surface area contributed by atoms with Gasteiger partial charge >= 0.3 is 6.18 Å². The van der Waals surface area contributed by atoms with Crippen LogP contribution in [0.15, 0.2) is 47.0 Å². The molecule has 0 aliphatic rings. The number of pyridine rings is 1. The van der Waals surface area contributed by atoms with Crippen molar-refractivity contribution in [1.29, 1.82) is 0 Å². The van der Waals surface area contributed by atoms with Crippen LogP contribution in [0, 0.1) is 0 Å². The number of aromatic nitrogens is 3. The fourth-order valence-electron chi connectivity index (χ4n) is 1.04. The Hall–Kier alpha value is -1.63. The minimum absolute atomic E-state index is 0.421. The molecule has 3 nitrogen and oxygen atoms in total. The zero-order valence-electron chi connectivity index (χ0n) is 8.35. The van der Waals surface area contributed by atoms with Crippen molar-refractivity contribution >= 4 is 11.8 Å². The van der Waals surface area contributed by atoms with E-state index in [0.29, 0.717) is 10.2 Å². The molecule has 0 amide bonds. The maximum absolute atomic E-state index is 12.3. The van der Waals surface area contributed by atoms with Gasteiger partial charge in [-0.25, -0.2) is 15.0 Å². The normalized spacial score (nSPS) is 11.5. The molecule has 0 saturated carbocycles. The first kappa shape index (κ1) is 11.8. The largest absolute Gasteiger partial charge is 0.417 e. The highest BCUT2D eigenvalue weighted by molar-refractivity contribution is 7.99. The van der Waals surface area contributed by atoms with Crippen LogP contribution in [0.5, 0.6) is 0 Å². The Morgan fingerprint density at radius 1 is 1.00 bits per heavy atom. The summed E-state index contributed by atoms with van der Waals surface area (Å²) in [5.41, 5.74) is -0.768. The van der Waals surface area contributed by atoms with Gasteiger partial charge in [-0.3, -0.25) is 0 Å². The van der Waals surface area contributed by atoms with Gasteiger partial charge in [0.05, 0.1) is 5.56 Å². The van der Waals surface area contributed by atoms with Crippen LogP contribution in [0.4, 0.5) is 13.2 Å². The lowest BCUT2D eigenvalue weighted by Crippen LogP contribution is -2.05. The highest BCUT2D eigenvalue weighted by Gasteiger charge is 2.30. The molecule has 2 rings (SSSR count). The molecule has 0 unspecified atom stereocenters. The lowest BCUT2D eigenvalue weighted by molar-refractivity contribution is -0.137. The van der Waals surface area contributed by atoms with Gasteiger partial charge in [0.25, 0.3) is 0 Å². The van der Waals surface area contributed by atoms with E-state index in [9.17, 15) is 13.2 Å². The van der Waals surface area contributed by atoms with Gasteiger partial charge in [0.2, 0.25) is 0 Å². The average Bonchev–Trinajstić information content (AvgIpc) is 2.30. The van der Waals surface area contributed by atoms with Crippen molar-refractivity contribution in [2.45, 2.75) is 16.4 Å². The van der Waals surface area contributed by atoms with Gasteiger partial charge in [-0.2, -0.15) is 13.2 Å². The quantitative estimate of drug-likeness (QED) is 0.775. The molecule has 17 heavy (non-hydrogen) atoms. The predicted octanol–water partition coefficient (Wildman–Crippen LogP) is 3.04. The van der Waals surface area contributed by atoms with Crippen molar-refractivity contribution in [2.24, 2.45) is 0 Å². The zero-order chi connectivity index (χ0) is 12.3. The predicted molar refractivity (Wildman–Crippen MR) is 55.4 cm³/mol. The molecule has 0 fully saturated rings. The molecule has 0 radical (unpaired) electrons. The highest BCUT2D eigenvalue weighted by Crippen LogP contribution is 2.30. The van der Waals surface area contributed by atoms with Crippen LogP contribution in [-0.4, -0.2) is 15.0 Å². The third kappa shape index (κ3) is 3.16. The number of hydrogen-bond donors (Lipinski definition) is 0. The maximum Gasteiger partial charge on any atom is 0.417 e. The van der Waals surface area contributed by atoms with Crippen LogP contribution in [0.2, 0.25) is 0 Å². The summed E-state index contributed by atoms with van der Waals surface area (Å²) in [6.07, 6.45) is -0.455. The molecule has 0 bridgehead atoms. The highest BCUT2D eigenvalue weighted by atomic mass is 32.2. The van der Waals surface area contributed by atoms with Gasteiger partial charge in [-0.15, -0.1) is 0 Å². The van der Waals surface area contributed by atoms with Crippen molar-refractivity contribution in [3.8, 4) is 0 Å². The zero-order valence-corrected chi connectivity index (χ0v) is 9.16. The number of alkyl halides is 3. The molecular weight excluding hydrogens is 251 g/mol. The number of rotatable bonds is 2. The lowest BCUT2D eigenvalue weighted by atomic mass is 10.3. The van der Waals surface area contributed by atoms with Crippen LogP contribution in [0.1, 0.15) is 5.56 Å². The Balaban J connectivity index is 2.14. The van der Waals surface area contributed by atoms with E-state index in [-0.39, 0.29) is 0 Å². The summed E-state index contributed by atoms with van der Waals surface area (Å²) in [6, 6.07) is 3.94. The molecular formula is C10H6F3N3S. The third-order valence-electron chi connectivity index (χ3n) is 1.80. The van der Waals surface area contributed by atoms with Gasteiger partial charge < -0.3 is 0 Å². The number of halogens is 3. The average molecular weight is 257 g/mol. The van der Waals surface area contributed by atoms with Crippen molar-refractivity contribution in [2.75, 3.05) is 0 Å². The van der Waals surface area contributed by atoms with Gasteiger partial charge in [-0.05, 0) is 30.0 Å². The van der Waals surface area contributed by atoms with E-state index in [1.807, 2.05) is 0 Å². The summed E-state index contributed by atoms with van der Waals surface area (Å²) < 4.78 is 36.8. The molecule has 7 heteroatoms. The Bertz CT molecular complexity index is 484. The standard InChI is InChI=1S/C10H6F3N3S/c11-10(12,13)7-2-3-8(16-6-7)17-9-14-4-1-5-15-9/h1-6H. The minimum Gasteiger partial charge on any atom is -0.249 e.